The van der Waals surface area contributed by atoms with E-state index < -0.39 is 0 Å². The maximum absolute atomic E-state index is 11.1. The highest BCUT2D eigenvalue weighted by atomic mass is 79.9. The first-order valence-corrected chi connectivity index (χ1v) is 4.24. The smallest absolute Gasteiger partial charge is 0.187 e. The Morgan fingerprint density at radius 2 is 2.42 bits per heavy atom. The van der Waals surface area contributed by atoms with Crippen molar-refractivity contribution in [3.8, 4) is 6.07 Å². The fraction of sp³-hybridized carbons (Fsp3) is 0.250. The van der Waals surface area contributed by atoms with Gasteiger partial charge in [0.2, 0.25) is 0 Å². The molecule has 3 nitrogen and oxygen atoms in total. The molecule has 1 rings (SSSR count). The molecule has 0 amide bonds. The molecule has 1 aliphatic heterocycles. The first-order chi connectivity index (χ1) is 5.74. The molecular formula is C8H7BrN2O. The number of halogens is 1. The second-order valence-corrected chi connectivity index (χ2v) is 3.23. The Labute approximate surface area is 78.9 Å². The minimum Gasteiger partial charge on any atom is -0.306 e. The van der Waals surface area contributed by atoms with Gasteiger partial charge in [-0.2, -0.15) is 5.26 Å². The number of hydrogen-bond donors (Lipinski definition) is 1. The van der Waals surface area contributed by atoms with Crippen LogP contribution in [0, 0.1) is 11.3 Å². The summed E-state index contributed by atoms with van der Waals surface area (Å²) in [6.07, 6.45) is 3.41. The fourth-order valence-corrected chi connectivity index (χ4v) is 1.21. The van der Waals surface area contributed by atoms with Crippen LogP contribution in [0.1, 0.15) is 0 Å². The van der Waals surface area contributed by atoms with E-state index in [2.05, 4.69) is 21.2 Å². The molecule has 1 heterocycles. The molecular weight excluding hydrogens is 220 g/mol. The Hall–Kier alpha value is -0.920. The van der Waals surface area contributed by atoms with Crippen molar-refractivity contribution < 1.29 is 4.79 Å². The van der Waals surface area contributed by atoms with Gasteiger partial charge in [-0.3, -0.25) is 4.79 Å². The highest BCUT2D eigenvalue weighted by molar-refractivity contribution is 9.11. The normalized spacial score (nSPS) is 18.5. The number of hydrogen-bond acceptors (Lipinski definition) is 3. The van der Waals surface area contributed by atoms with Gasteiger partial charge in [-0.1, -0.05) is 22.0 Å². The Bertz CT molecular complexity index is 299. The lowest BCUT2D eigenvalue weighted by Crippen LogP contribution is -2.25. The summed E-state index contributed by atoms with van der Waals surface area (Å²) in [6, 6.07) is 1.85. The van der Waals surface area contributed by atoms with Gasteiger partial charge in [-0.05, 0) is 6.08 Å². The van der Waals surface area contributed by atoms with Crippen LogP contribution in [-0.2, 0) is 4.79 Å². The lowest BCUT2D eigenvalue weighted by Gasteiger charge is -2.03. The Morgan fingerprint density at radius 1 is 1.67 bits per heavy atom. The number of nitriles is 1. The quantitative estimate of drug-likeness (QED) is 0.668. The van der Waals surface area contributed by atoms with Gasteiger partial charge in [-0.25, -0.2) is 0 Å². The first kappa shape index (κ1) is 9.17. The topological polar surface area (TPSA) is 52.9 Å². The van der Waals surface area contributed by atoms with Crippen LogP contribution in [0.4, 0.5) is 0 Å². The standard InChI is InChI=1S/C8H7BrN2O/c9-7-1-2-11-5-8(12)6(3-7)4-10/h1,3,11H,2,5H2. The zero-order valence-electron chi connectivity index (χ0n) is 6.30. The minimum atomic E-state index is -0.164. The predicted molar refractivity (Wildman–Crippen MR) is 48.6 cm³/mol. The molecule has 0 bridgehead atoms. The van der Waals surface area contributed by atoms with Crippen molar-refractivity contribution in [2.24, 2.45) is 0 Å². The monoisotopic (exact) mass is 226 g/mol. The molecule has 0 atom stereocenters. The molecule has 0 unspecified atom stereocenters. The number of nitrogens with one attached hydrogen (secondary N) is 1. The molecule has 0 aromatic rings. The highest BCUT2D eigenvalue weighted by Gasteiger charge is 2.09. The van der Waals surface area contributed by atoms with Crippen LogP contribution in [0.15, 0.2) is 22.2 Å². The van der Waals surface area contributed by atoms with E-state index in [1.807, 2.05) is 12.1 Å². The van der Waals surface area contributed by atoms with E-state index in [-0.39, 0.29) is 17.9 Å². The Kier molecular flexibility index (Phi) is 3.20. The Morgan fingerprint density at radius 3 is 3.08 bits per heavy atom. The van der Waals surface area contributed by atoms with Gasteiger partial charge in [0.05, 0.1) is 12.1 Å². The van der Waals surface area contributed by atoms with E-state index in [1.165, 1.54) is 0 Å². The van der Waals surface area contributed by atoms with Crippen molar-refractivity contribution in [1.82, 2.24) is 5.32 Å². The lowest BCUT2D eigenvalue weighted by atomic mass is 10.1. The second kappa shape index (κ2) is 4.19. The third-order valence-corrected chi connectivity index (χ3v) is 1.98. The SMILES string of the molecule is N#CC1=CC(Br)=CCNCC1=O. The highest BCUT2D eigenvalue weighted by Crippen LogP contribution is 2.11. The molecule has 62 valence electrons. The molecule has 0 aromatic carbocycles. The molecule has 0 saturated heterocycles. The number of rotatable bonds is 0. The number of carbonyl (C=O) groups excluding carboxylic acids is 1. The molecule has 4 heteroatoms. The molecule has 0 saturated carbocycles. The molecule has 0 spiro atoms. The average Bonchev–Trinajstić information content (AvgIpc) is 2.05. The summed E-state index contributed by atoms with van der Waals surface area (Å²) < 4.78 is 0.764. The van der Waals surface area contributed by atoms with E-state index in [4.69, 9.17) is 5.26 Å². The van der Waals surface area contributed by atoms with E-state index in [1.54, 1.807) is 6.08 Å². The van der Waals surface area contributed by atoms with Crippen molar-refractivity contribution in [3.63, 3.8) is 0 Å². The number of allylic oxidation sites excluding steroid dienone is 2. The molecule has 0 aromatic heterocycles. The summed E-state index contributed by atoms with van der Waals surface area (Å²) in [5.74, 6) is -0.164. The molecule has 12 heavy (non-hydrogen) atoms. The van der Waals surface area contributed by atoms with Crippen LogP contribution in [0.25, 0.3) is 0 Å². The van der Waals surface area contributed by atoms with Crippen molar-refractivity contribution in [3.05, 3.63) is 22.2 Å². The van der Waals surface area contributed by atoms with Gasteiger partial charge in [0.15, 0.2) is 5.78 Å². The van der Waals surface area contributed by atoms with Gasteiger partial charge < -0.3 is 5.32 Å². The minimum absolute atomic E-state index is 0.164. The molecule has 1 N–H and O–H groups in total. The largest absolute Gasteiger partial charge is 0.306 e. The number of nitrogens with zero attached hydrogens (tertiary/aromatic N) is 1. The summed E-state index contributed by atoms with van der Waals surface area (Å²) in [4.78, 5) is 11.1. The van der Waals surface area contributed by atoms with E-state index in [0.717, 1.165) is 4.48 Å². The van der Waals surface area contributed by atoms with Crippen LogP contribution in [-0.4, -0.2) is 18.9 Å². The molecule has 0 radical (unpaired) electrons. The summed E-state index contributed by atoms with van der Waals surface area (Å²) in [7, 11) is 0. The lowest BCUT2D eigenvalue weighted by molar-refractivity contribution is -0.114. The van der Waals surface area contributed by atoms with Crippen molar-refractivity contribution in [1.29, 1.82) is 5.26 Å². The Balaban J connectivity index is 2.96. The number of ketones is 1. The summed E-state index contributed by atoms with van der Waals surface area (Å²) in [6.45, 7) is 0.873. The fourth-order valence-electron chi connectivity index (χ4n) is 0.823. The van der Waals surface area contributed by atoms with Crippen molar-refractivity contribution in [2.75, 3.05) is 13.1 Å². The van der Waals surface area contributed by atoms with E-state index in [0.29, 0.717) is 6.54 Å². The number of Topliss-reactive ketones (excluding diaryl/α,β-unsaturated/α-hetero) is 1. The zero-order valence-corrected chi connectivity index (χ0v) is 7.89. The second-order valence-electron chi connectivity index (χ2n) is 2.31. The average molecular weight is 227 g/mol. The van der Waals surface area contributed by atoms with Gasteiger partial charge in [0, 0.05) is 11.0 Å². The maximum Gasteiger partial charge on any atom is 0.187 e. The summed E-state index contributed by atoms with van der Waals surface area (Å²) in [5, 5.41) is 11.5. The van der Waals surface area contributed by atoms with Gasteiger partial charge in [0.25, 0.3) is 0 Å². The maximum atomic E-state index is 11.1. The van der Waals surface area contributed by atoms with Crippen LogP contribution in [0.3, 0.4) is 0 Å². The molecule has 1 aliphatic rings. The predicted octanol–water partition coefficient (Wildman–Crippen LogP) is 0.887. The van der Waals surface area contributed by atoms with Gasteiger partial charge in [0.1, 0.15) is 6.07 Å². The third-order valence-electron chi connectivity index (χ3n) is 1.43. The molecule has 0 aliphatic carbocycles. The number of carbonyl (C=O) groups is 1. The third kappa shape index (κ3) is 2.29. The van der Waals surface area contributed by atoms with Crippen LogP contribution < -0.4 is 5.32 Å². The van der Waals surface area contributed by atoms with Crippen LogP contribution >= 0.6 is 15.9 Å². The van der Waals surface area contributed by atoms with Crippen molar-refractivity contribution in [2.45, 2.75) is 0 Å². The summed E-state index contributed by atoms with van der Waals surface area (Å²) >= 11 is 3.22. The zero-order chi connectivity index (χ0) is 8.97. The van der Waals surface area contributed by atoms with E-state index >= 15 is 0 Å². The van der Waals surface area contributed by atoms with Crippen LogP contribution in [0.2, 0.25) is 0 Å². The first-order valence-electron chi connectivity index (χ1n) is 3.45. The van der Waals surface area contributed by atoms with E-state index in [9.17, 15) is 4.79 Å². The van der Waals surface area contributed by atoms with Crippen LogP contribution in [0.5, 0.6) is 0 Å². The molecule has 0 fully saturated rings. The van der Waals surface area contributed by atoms with Gasteiger partial charge >= 0.3 is 0 Å². The summed E-state index contributed by atoms with van der Waals surface area (Å²) in [5.41, 5.74) is 0.185. The van der Waals surface area contributed by atoms with Crippen molar-refractivity contribution >= 4 is 21.7 Å². The van der Waals surface area contributed by atoms with Gasteiger partial charge in [-0.15, -0.1) is 0 Å².